The minimum absolute atomic E-state index is 0.0494. The summed E-state index contributed by atoms with van der Waals surface area (Å²) < 4.78 is 32.1. The minimum atomic E-state index is -3.74. The molecule has 0 aromatic heterocycles. The van der Waals surface area contributed by atoms with Crippen molar-refractivity contribution in [2.45, 2.75) is 45.1 Å². The van der Waals surface area contributed by atoms with Crippen molar-refractivity contribution in [1.29, 1.82) is 0 Å². The van der Waals surface area contributed by atoms with Crippen LogP contribution in [0.5, 0.6) is 0 Å². The molecule has 1 amide bonds. The van der Waals surface area contributed by atoms with E-state index < -0.39 is 16.1 Å². The molecule has 1 rings (SSSR count). The Balaban J connectivity index is 2.78. The topological polar surface area (TPSA) is 102 Å². The number of Topliss-reactive ketones (excluding diaryl/α,β-unsaturated/α-hetero) is 1. The summed E-state index contributed by atoms with van der Waals surface area (Å²) in [6, 6.07) is 5.33. The lowest BCUT2D eigenvalue weighted by molar-refractivity contribution is 0.101. The summed E-state index contributed by atoms with van der Waals surface area (Å²) in [6.45, 7) is 7.37. The molecule has 1 atom stereocenters. The average Bonchev–Trinajstić information content (AvgIpc) is 2.52. The highest BCUT2D eigenvalue weighted by Gasteiger charge is 2.20. The number of hydrogen-bond donors (Lipinski definition) is 2. The van der Waals surface area contributed by atoms with Crippen LogP contribution in [0.15, 0.2) is 29.2 Å². The summed E-state index contributed by atoms with van der Waals surface area (Å²) in [4.78, 5) is 22.9. The second-order valence-electron chi connectivity index (χ2n) is 6.12. The zero-order valence-corrected chi connectivity index (χ0v) is 15.9. The highest BCUT2D eigenvalue weighted by molar-refractivity contribution is 7.89. The molecule has 25 heavy (non-hydrogen) atoms. The molecule has 1 unspecified atom stereocenters. The lowest BCUT2D eigenvalue weighted by Gasteiger charge is -2.20. The van der Waals surface area contributed by atoms with Gasteiger partial charge in [0.2, 0.25) is 10.0 Å². The predicted molar refractivity (Wildman–Crippen MR) is 95.0 cm³/mol. The third-order valence-electron chi connectivity index (χ3n) is 3.44. The summed E-state index contributed by atoms with van der Waals surface area (Å²) in [5, 5.41) is 2.66. The molecule has 0 saturated carbocycles. The largest absolute Gasteiger partial charge is 0.450 e. The molecular formula is C17H26N2O5S. The Bertz CT molecular complexity index is 683. The monoisotopic (exact) mass is 370 g/mol. The van der Waals surface area contributed by atoms with Crippen molar-refractivity contribution in [2.75, 3.05) is 13.2 Å². The van der Waals surface area contributed by atoms with Gasteiger partial charge in [0.05, 0.1) is 11.5 Å². The maximum atomic E-state index is 12.4. The van der Waals surface area contributed by atoms with Crippen LogP contribution in [0.3, 0.4) is 0 Å². The number of carbonyl (C=O) groups is 2. The zero-order valence-electron chi connectivity index (χ0n) is 15.0. The van der Waals surface area contributed by atoms with E-state index in [4.69, 9.17) is 4.74 Å². The Kier molecular flexibility index (Phi) is 8.05. The van der Waals surface area contributed by atoms with Crippen LogP contribution in [-0.2, 0) is 14.8 Å². The van der Waals surface area contributed by atoms with E-state index in [0.29, 0.717) is 12.0 Å². The lowest BCUT2D eigenvalue weighted by Crippen LogP contribution is -2.44. The van der Waals surface area contributed by atoms with Gasteiger partial charge in [0, 0.05) is 18.2 Å². The van der Waals surface area contributed by atoms with Gasteiger partial charge in [-0.05, 0) is 38.3 Å². The molecule has 0 spiro atoms. The number of rotatable bonds is 9. The molecule has 0 bridgehead atoms. The van der Waals surface area contributed by atoms with E-state index in [-0.39, 0.29) is 35.8 Å². The fourth-order valence-electron chi connectivity index (χ4n) is 2.26. The van der Waals surface area contributed by atoms with Crippen molar-refractivity contribution in [3.63, 3.8) is 0 Å². The van der Waals surface area contributed by atoms with Crippen molar-refractivity contribution in [2.24, 2.45) is 5.92 Å². The van der Waals surface area contributed by atoms with Crippen molar-refractivity contribution in [3.8, 4) is 0 Å². The number of amides is 1. The molecule has 0 saturated heterocycles. The van der Waals surface area contributed by atoms with Crippen LogP contribution in [-0.4, -0.2) is 39.5 Å². The maximum Gasteiger partial charge on any atom is 0.407 e. The number of ether oxygens (including phenoxy) is 1. The molecule has 7 nitrogen and oxygen atoms in total. The van der Waals surface area contributed by atoms with Crippen molar-refractivity contribution in [1.82, 2.24) is 10.0 Å². The second-order valence-corrected chi connectivity index (χ2v) is 7.89. The van der Waals surface area contributed by atoms with Gasteiger partial charge >= 0.3 is 6.09 Å². The zero-order chi connectivity index (χ0) is 19.0. The molecule has 0 aliphatic rings. The van der Waals surface area contributed by atoms with E-state index in [2.05, 4.69) is 10.0 Å². The van der Waals surface area contributed by atoms with Crippen molar-refractivity contribution < 1.29 is 22.7 Å². The van der Waals surface area contributed by atoms with E-state index in [1.807, 2.05) is 13.8 Å². The van der Waals surface area contributed by atoms with Gasteiger partial charge in [0.15, 0.2) is 5.78 Å². The van der Waals surface area contributed by atoms with E-state index in [9.17, 15) is 18.0 Å². The third kappa shape index (κ3) is 7.23. The molecular weight excluding hydrogens is 344 g/mol. The smallest absolute Gasteiger partial charge is 0.407 e. The molecule has 1 aromatic carbocycles. The van der Waals surface area contributed by atoms with E-state index in [1.54, 1.807) is 6.92 Å². The van der Waals surface area contributed by atoms with Crippen molar-refractivity contribution >= 4 is 21.9 Å². The van der Waals surface area contributed by atoms with Crippen LogP contribution in [0.2, 0.25) is 0 Å². The Labute approximate surface area is 149 Å². The average molecular weight is 370 g/mol. The summed E-state index contributed by atoms with van der Waals surface area (Å²) in [6.07, 6.45) is 0.0306. The fourth-order valence-corrected chi connectivity index (χ4v) is 3.35. The number of nitrogens with one attached hydrogen (secondary N) is 2. The SMILES string of the molecule is CCOC(=O)NC(CNS(=O)(=O)c1ccc(C(C)=O)cc1)CC(C)C. The molecule has 0 aliphatic heterocycles. The van der Waals surface area contributed by atoms with E-state index in [1.165, 1.54) is 31.2 Å². The minimum Gasteiger partial charge on any atom is -0.450 e. The highest BCUT2D eigenvalue weighted by Crippen LogP contribution is 2.12. The molecule has 0 heterocycles. The summed E-state index contributed by atoms with van der Waals surface area (Å²) >= 11 is 0. The molecule has 8 heteroatoms. The first-order chi connectivity index (χ1) is 11.7. The molecule has 140 valence electrons. The van der Waals surface area contributed by atoms with Crippen LogP contribution < -0.4 is 10.0 Å². The number of benzene rings is 1. The van der Waals surface area contributed by atoms with Gasteiger partial charge < -0.3 is 10.1 Å². The van der Waals surface area contributed by atoms with Crippen LogP contribution in [0.1, 0.15) is 44.5 Å². The Morgan fingerprint density at radius 2 is 1.76 bits per heavy atom. The van der Waals surface area contributed by atoms with E-state index in [0.717, 1.165) is 0 Å². The Hall–Kier alpha value is -1.93. The van der Waals surface area contributed by atoms with Gasteiger partial charge in [-0.3, -0.25) is 4.79 Å². The van der Waals surface area contributed by atoms with Gasteiger partial charge in [-0.15, -0.1) is 0 Å². The van der Waals surface area contributed by atoms with Gasteiger partial charge in [-0.2, -0.15) is 0 Å². The fraction of sp³-hybridized carbons (Fsp3) is 0.529. The molecule has 0 aliphatic carbocycles. The Morgan fingerprint density at radius 1 is 1.16 bits per heavy atom. The van der Waals surface area contributed by atoms with Crippen molar-refractivity contribution in [3.05, 3.63) is 29.8 Å². The van der Waals surface area contributed by atoms with Crippen LogP contribution in [0.25, 0.3) is 0 Å². The number of ketones is 1. The van der Waals surface area contributed by atoms with Crippen LogP contribution in [0.4, 0.5) is 4.79 Å². The van der Waals surface area contributed by atoms with Gasteiger partial charge in [0.1, 0.15) is 0 Å². The highest BCUT2D eigenvalue weighted by atomic mass is 32.2. The van der Waals surface area contributed by atoms with Gasteiger partial charge in [-0.25, -0.2) is 17.9 Å². The lowest BCUT2D eigenvalue weighted by atomic mass is 10.0. The molecule has 1 aromatic rings. The standard InChI is InChI=1S/C17H26N2O5S/c1-5-24-17(21)19-15(10-12(2)3)11-18-25(22,23)16-8-6-14(7-9-16)13(4)20/h6-9,12,15,18H,5,10-11H2,1-4H3,(H,19,21). The van der Waals surface area contributed by atoms with Crippen LogP contribution >= 0.6 is 0 Å². The predicted octanol–water partition coefficient (Wildman–Crippen LogP) is 2.33. The summed E-state index contributed by atoms with van der Waals surface area (Å²) in [7, 11) is -3.74. The maximum absolute atomic E-state index is 12.4. The molecule has 2 N–H and O–H groups in total. The summed E-state index contributed by atoms with van der Waals surface area (Å²) in [5.41, 5.74) is 0.445. The quantitative estimate of drug-likeness (QED) is 0.650. The number of alkyl carbamates (subject to hydrolysis) is 1. The van der Waals surface area contributed by atoms with E-state index >= 15 is 0 Å². The third-order valence-corrected chi connectivity index (χ3v) is 4.88. The first-order valence-electron chi connectivity index (χ1n) is 8.19. The number of hydrogen-bond acceptors (Lipinski definition) is 5. The van der Waals surface area contributed by atoms with Crippen LogP contribution in [0, 0.1) is 5.92 Å². The first kappa shape index (κ1) is 21.1. The molecule has 0 fully saturated rings. The number of sulfonamides is 1. The number of carbonyl (C=O) groups excluding carboxylic acids is 2. The normalized spacial score (nSPS) is 12.7. The van der Waals surface area contributed by atoms with Gasteiger partial charge in [0.25, 0.3) is 0 Å². The molecule has 0 radical (unpaired) electrons. The Morgan fingerprint density at radius 3 is 2.24 bits per heavy atom. The van der Waals surface area contributed by atoms with Gasteiger partial charge in [-0.1, -0.05) is 26.0 Å². The summed E-state index contributed by atoms with van der Waals surface area (Å²) in [5.74, 6) is 0.138. The first-order valence-corrected chi connectivity index (χ1v) is 9.68. The second kappa shape index (κ2) is 9.53.